The molecule has 0 fully saturated rings. The number of nitrogens with zero attached hydrogens (tertiary/aromatic N) is 1. The number of hydrogen-bond donors (Lipinski definition) is 2. The maximum absolute atomic E-state index is 11.7. The van der Waals surface area contributed by atoms with Gasteiger partial charge in [0.15, 0.2) is 0 Å². The molecule has 0 aromatic heterocycles. The summed E-state index contributed by atoms with van der Waals surface area (Å²) >= 11 is 5.79. The van der Waals surface area contributed by atoms with E-state index in [2.05, 4.69) is 10.5 Å². The fourth-order valence-electron chi connectivity index (χ4n) is 1.44. The molecule has 2 rings (SSSR count). The lowest BCUT2D eigenvalue weighted by atomic mass is 10.2. The molecule has 0 aliphatic rings. The Bertz CT molecular complexity index is 612. The van der Waals surface area contributed by atoms with Crippen molar-refractivity contribution in [2.45, 2.75) is 0 Å². The Labute approximate surface area is 115 Å². The summed E-state index contributed by atoms with van der Waals surface area (Å²) in [6.45, 7) is 0. The van der Waals surface area contributed by atoms with E-state index in [1.807, 2.05) is 6.07 Å². The highest BCUT2D eigenvalue weighted by Gasteiger charge is 2.02. The normalized spacial score (nSPS) is 10.6. The van der Waals surface area contributed by atoms with Crippen LogP contribution in [0.5, 0.6) is 5.75 Å². The van der Waals surface area contributed by atoms with Crippen molar-refractivity contribution in [2.24, 2.45) is 5.10 Å². The van der Waals surface area contributed by atoms with Crippen molar-refractivity contribution in [1.82, 2.24) is 5.43 Å². The van der Waals surface area contributed by atoms with Gasteiger partial charge in [-0.05, 0) is 30.3 Å². The molecule has 5 heteroatoms. The van der Waals surface area contributed by atoms with Crippen LogP contribution in [0.15, 0.2) is 53.6 Å². The van der Waals surface area contributed by atoms with Crippen molar-refractivity contribution in [3.05, 3.63) is 64.7 Å². The predicted molar refractivity (Wildman–Crippen MR) is 74.6 cm³/mol. The molecule has 0 atom stereocenters. The largest absolute Gasteiger partial charge is 0.507 e. The first-order valence-electron chi connectivity index (χ1n) is 5.54. The quantitative estimate of drug-likeness (QED) is 0.668. The molecule has 0 saturated carbocycles. The maximum atomic E-state index is 11.7. The van der Waals surface area contributed by atoms with Gasteiger partial charge >= 0.3 is 0 Å². The third kappa shape index (κ3) is 3.56. The van der Waals surface area contributed by atoms with E-state index in [0.717, 1.165) is 0 Å². The lowest BCUT2D eigenvalue weighted by molar-refractivity contribution is 0.0955. The van der Waals surface area contributed by atoms with E-state index in [0.29, 0.717) is 16.1 Å². The lowest BCUT2D eigenvalue weighted by Crippen LogP contribution is -2.17. The average Bonchev–Trinajstić information content (AvgIpc) is 2.43. The Hall–Kier alpha value is -2.33. The zero-order valence-electron chi connectivity index (χ0n) is 9.88. The highest BCUT2D eigenvalue weighted by molar-refractivity contribution is 6.30. The van der Waals surface area contributed by atoms with Crippen LogP contribution in [0.3, 0.4) is 0 Å². The number of phenols is 1. The minimum atomic E-state index is -0.321. The van der Waals surface area contributed by atoms with Crippen molar-refractivity contribution in [3.63, 3.8) is 0 Å². The van der Waals surface area contributed by atoms with E-state index in [1.165, 1.54) is 12.3 Å². The molecule has 2 N–H and O–H groups in total. The molecule has 4 nitrogen and oxygen atoms in total. The molecule has 1 amide bonds. The van der Waals surface area contributed by atoms with Crippen LogP contribution in [0.1, 0.15) is 15.9 Å². The zero-order valence-corrected chi connectivity index (χ0v) is 10.6. The topological polar surface area (TPSA) is 61.7 Å². The van der Waals surface area contributed by atoms with Crippen molar-refractivity contribution in [2.75, 3.05) is 0 Å². The fourth-order valence-corrected chi connectivity index (χ4v) is 1.62. The van der Waals surface area contributed by atoms with Gasteiger partial charge in [0.25, 0.3) is 5.91 Å². The molecular weight excluding hydrogens is 264 g/mol. The Morgan fingerprint density at radius 3 is 2.68 bits per heavy atom. The highest BCUT2D eigenvalue weighted by atomic mass is 35.5. The van der Waals surface area contributed by atoms with Crippen LogP contribution >= 0.6 is 11.6 Å². The van der Waals surface area contributed by atoms with Gasteiger partial charge < -0.3 is 5.11 Å². The molecule has 0 aliphatic heterocycles. The smallest absolute Gasteiger partial charge is 0.271 e. The molecule has 0 saturated heterocycles. The number of halogens is 1. The van der Waals surface area contributed by atoms with Crippen LogP contribution in [0.4, 0.5) is 0 Å². The number of carbonyl (C=O) groups is 1. The maximum Gasteiger partial charge on any atom is 0.271 e. The SMILES string of the molecule is O=C(N/N=C/c1cc(Cl)ccc1O)c1ccccc1. The first-order chi connectivity index (χ1) is 9.16. The van der Waals surface area contributed by atoms with Crippen molar-refractivity contribution >= 4 is 23.7 Å². The summed E-state index contributed by atoms with van der Waals surface area (Å²) in [6, 6.07) is 13.3. The second-order valence-electron chi connectivity index (χ2n) is 3.77. The van der Waals surface area contributed by atoms with E-state index in [-0.39, 0.29) is 11.7 Å². The molecular formula is C14H11ClN2O2. The van der Waals surface area contributed by atoms with E-state index in [4.69, 9.17) is 11.6 Å². The van der Waals surface area contributed by atoms with Crippen molar-refractivity contribution in [1.29, 1.82) is 0 Å². The molecule has 0 aliphatic carbocycles. The summed E-state index contributed by atoms with van der Waals surface area (Å²) in [5.74, 6) is -0.277. The summed E-state index contributed by atoms with van der Waals surface area (Å²) < 4.78 is 0. The molecule has 19 heavy (non-hydrogen) atoms. The Balaban J connectivity index is 2.04. The van der Waals surface area contributed by atoms with Gasteiger partial charge in [-0.2, -0.15) is 5.10 Å². The third-order valence-corrected chi connectivity index (χ3v) is 2.63. The molecule has 2 aromatic rings. The minimum Gasteiger partial charge on any atom is -0.507 e. The zero-order chi connectivity index (χ0) is 13.7. The standard InChI is InChI=1S/C14H11ClN2O2/c15-12-6-7-13(18)11(8-12)9-16-17-14(19)10-4-2-1-3-5-10/h1-9,18H,(H,17,19)/b16-9+. The van der Waals surface area contributed by atoms with E-state index < -0.39 is 0 Å². The molecule has 0 unspecified atom stereocenters. The number of aromatic hydroxyl groups is 1. The number of hydrogen-bond acceptors (Lipinski definition) is 3. The van der Waals surface area contributed by atoms with Gasteiger partial charge in [0, 0.05) is 16.1 Å². The predicted octanol–water partition coefficient (Wildman–Crippen LogP) is 2.81. The molecule has 0 radical (unpaired) electrons. The Kier molecular flexibility index (Phi) is 4.15. The van der Waals surface area contributed by atoms with E-state index in [9.17, 15) is 9.90 Å². The molecule has 96 valence electrons. The van der Waals surface area contributed by atoms with Gasteiger partial charge in [0.2, 0.25) is 0 Å². The van der Waals surface area contributed by atoms with Gasteiger partial charge in [-0.1, -0.05) is 29.8 Å². The summed E-state index contributed by atoms with van der Waals surface area (Å²) in [7, 11) is 0. The third-order valence-electron chi connectivity index (χ3n) is 2.40. The second-order valence-corrected chi connectivity index (χ2v) is 4.20. The number of amides is 1. The number of nitrogens with one attached hydrogen (secondary N) is 1. The van der Waals surface area contributed by atoms with Crippen LogP contribution in [-0.2, 0) is 0 Å². The Morgan fingerprint density at radius 1 is 1.21 bits per heavy atom. The van der Waals surface area contributed by atoms with E-state index >= 15 is 0 Å². The van der Waals surface area contributed by atoms with Crippen molar-refractivity contribution in [3.8, 4) is 5.75 Å². The van der Waals surface area contributed by atoms with Crippen LogP contribution in [0.25, 0.3) is 0 Å². The van der Waals surface area contributed by atoms with Crippen molar-refractivity contribution < 1.29 is 9.90 Å². The number of carbonyl (C=O) groups excluding carboxylic acids is 1. The molecule has 0 bridgehead atoms. The lowest BCUT2D eigenvalue weighted by Gasteiger charge is -2.00. The van der Waals surface area contributed by atoms with Gasteiger partial charge in [0.1, 0.15) is 5.75 Å². The number of rotatable bonds is 3. The summed E-state index contributed by atoms with van der Waals surface area (Å²) in [6.07, 6.45) is 1.34. The highest BCUT2D eigenvalue weighted by Crippen LogP contribution is 2.19. The summed E-state index contributed by atoms with van der Waals surface area (Å²) in [5.41, 5.74) is 3.31. The molecule has 0 spiro atoms. The van der Waals surface area contributed by atoms with Gasteiger partial charge in [-0.25, -0.2) is 5.43 Å². The van der Waals surface area contributed by atoms with Crippen LogP contribution in [0.2, 0.25) is 5.02 Å². The molecule has 0 heterocycles. The monoisotopic (exact) mass is 274 g/mol. The first-order valence-corrected chi connectivity index (χ1v) is 5.91. The van der Waals surface area contributed by atoms with Crippen LogP contribution in [0, 0.1) is 0 Å². The van der Waals surface area contributed by atoms with Crippen LogP contribution in [-0.4, -0.2) is 17.2 Å². The number of phenolic OH excluding ortho intramolecular Hbond substituents is 1. The second kappa shape index (κ2) is 6.02. The van der Waals surface area contributed by atoms with Gasteiger partial charge in [-0.3, -0.25) is 4.79 Å². The van der Waals surface area contributed by atoms with Crippen LogP contribution < -0.4 is 5.43 Å². The molecule has 2 aromatic carbocycles. The average molecular weight is 275 g/mol. The minimum absolute atomic E-state index is 0.0436. The summed E-state index contributed by atoms with van der Waals surface area (Å²) in [4.78, 5) is 11.7. The number of hydrazone groups is 1. The fraction of sp³-hybridized carbons (Fsp3) is 0. The first kappa shape index (κ1) is 13.1. The Morgan fingerprint density at radius 2 is 1.95 bits per heavy atom. The van der Waals surface area contributed by atoms with Gasteiger partial charge in [-0.15, -0.1) is 0 Å². The van der Waals surface area contributed by atoms with Gasteiger partial charge in [0.05, 0.1) is 6.21 Å². The summed E-state index contributed by atoms with van der Waals surface area (Å²) in [5, 5.41) is 13.8. The number of benzene rings is 2. The van der Waals surface area contributed by atoms with E-state index in [1.54, 1.807) is 36.4 Å².